The monoisotopic (exact) mass is 2090 g/mol. The molecule has 4 saturated heterocycles. The zero-order chi connectivity index (χ0) is 109. The number of nitrogens with two attached hydrogens (primary N) is 3. The Morgan fingerprint density at radius 1 is 0.510 bits per heavy atom. The third kappa shape index (κ3) is 28.5. The van der Waals surface area contributed by atoms with Crippen LogP contribution in [0, 0.1) is 31.6 Å². The molecule has 5 aliphatic rings. The minimum Gasteiger partial charge on any atom is -0.475 e. The molecule has 9 aromatic heterocycles. The molecule has 147 heavy (non-hydrogen) atoms. The van der Waals surface area contributed by atoms with E-state index in [0.29, 0.717) is 102 Å². The average Bonchev–Trinajstić information content (AvgIpc) is 1.53. The number of nitrogen functional groups attached to an aromatic ring is 3. The lowest BCUT2D eigenvalue weighted by Gasteiger charge is -2.35. The Morgan fingerprint density at radius 2 is 0.918 bits per heavy atom. The fraction of sp³-hybridized carbons (Fsp3) is 0.477. The highest BCUT2D eigenvalue weighted by molar-refractivity contribution is 7.91. The molecule has 36 nitrogen and oxygen atoms in total. The van der Waals surface area contributed by atoms with Gasteiger partial charge in [0.25, 0.3) is 63.7 Å². The summed E-state index contributed by atoms with van der Waals surface area (Å²) in [6.07, 6.45) is 17.4. The van der Waals surface area contributed by atoms with Crippen LogP contribution in [0.25, 0.3) is 29.0 Å². The highest BCUT2D eigenvalue weighted by Gasteiger charge is 2.45. The number of ether oxygens (including phenoxy) is 2. The predicted octanol–water partition coefficient (Wildman–Crippen LogP) is 17.3. The maximum absolute atomic E-state index is 13.6. The van der Waals surface area contributed by atoms with Gasteiger partial charge in [-0.2, -0.15) is 33.7 Å². The van der Waals surface area contributed by atoms with Gasteiger partial charge >= 0.3 is 6.09 Å². The first-order chi connectivity index (χ1) is 68.3. The van der Waals surface area contributed by atoms with Gasteiger partial charge in [0, 0.05) is 89.2 Å². The van der Waals surface area contributed by atoms with Crippen LogP contribution < -0.4 is 60.4 Å². The van der Waals surface area contributed by atoms with Crippen molar-refractivity contribution in [3.05, 3.63) is 202 Å². The molecule has 0 radical (unpaired) electrons. The van der Waals surface area contributed by atoms with Crippen LogP contribution in [0.1, 0.15) is 298 Å². The van der Waals surface area contributed by atoms with Gasteiger partial charge in [-0.05, 0) is 274 Å². The van der Waals surface area contributed by atoms with Crippen molar-refractivity contribution in [1.29, 1.82) is 0 Å². The smallest absolute Gasteiger partial charge is 0.410 e. The Morgan fingerprint density at radius 3 is 1.31 bits per heavy atom. The first-order valence-electron chi connectivity index (χ1n) is 49.6. The van der Waals surface area contributed by atoms with E-state index in [4.69, 9.17) is 46.6 Å². The van der Waals surface area contributed by atoms with Crippen LogP contribution in [0.15, 0.2) is 160 Å². The Kier molecular flexibility index (Phi) is 35.2. The van der Waals surface area contributed by atoms with E-state index in [1.165, 1.54) is 60.7 Å². The molecular weight excluding hydrogens is 1950 g/mol. The van der Waals surface area contributed by atoms with Crippen molar-refractivity contribution in [2.45, 2.75) is 302 Å². The van der Waals surface area contributed by atoms with Crippen LogP contribution in [0.4, 0.5) is 45.5 Å². The standard InChI is InChI=1S/C28H38N6O5S.C28H41N5O3S.C27H33N5O4S.C24H33N5O3S/c1-18-15-28(5,6)34(16-18)24-20(25(35)32-40(37,38)23-11-7-10-22(29)31-23)12-13-21(30-24)19-9-8-14-33(17-19)26(36)39-27(2,3)4;1-8-9-10-11-13-20-16-21(26(34)32-37(35,36)23-15-12-14-22(29)30-23)25(31-24(20)27(3,4)5)33-18-19(2)17-28(33,6)7;1-16(2)36-24-13-10-21(15-28-24)23-12-11-22(26(30-23)32-18(4)8-9-19(32)5)27(33)31-37(34,35)25-14-7-17(3)20(6)29-25;1-8-16-12-17(22(30)28-33(31,32)19-11-9-10-18(25)26-19)21(27-20(16)23(3,4)5)29-14-15(2)13-24(29,6)7/h7,9-13,18H,8,14-17H2,1-6H3,(H2,29,31)(H,32,35);11-16,19H,8-10,17-18H2,1-7H3,(H2,29,30)(H,32,34);7,10-16,18-19H,8-9H2,1-6H3,(H,31,33);8-12,15H,1,13-14H2,2-7H3,(H2,25,26)(H,28,30)/b;13-11+;;/t18-;19-;18-,19+;15-/m00.0/s1. The zero-order valence-corrected chi connectivity index (χ0v) is 92.4. The Bertz CT molecular complexity index is 6970. The molecule has 0 spiro atoms. The number of pyridine rings is 9. The number of nitrogens with zero attached hydrogens (tertiary/aromatic N) is 14. The SMILES string of the molecule is C=Cc1cc(C(=O)NS(=O)(=O)c2cccc(N)n2)c(N2C[C@@H](C)CC2(C)C)nc1C(C)(C)C.CCCC/C=C/c1cc(C(=O)NS(=O)(=O)c2cccc(N)n2)c(N2C[C@@H](C)CC2(C)C)nc1C(C)(C)C.C[C@@H]1CN(c2nc(C3=CCCN(C(=O)OC(C)(C)C)C3)ccc2C(=O)NS(=O)(=O)c2cccc(N)n2)C(C)(C)C1.Cc1ccc(S(=O)(=O)NC(=O)c2ccc(-c3ccc(OC(C)C)nc3)nc2N2[C@H](C)CC[C@@H]2C)nc1C. The quantitative estimate of drug-likeness (QED) is 0.0261. The van der Waals surface area contributed by atoms with Gasteiger partial charge in [0.05, 0.1) is 57.7 Å². The lowest BCUT2D eigenvalue weighted by atomic mass is 9.87. The van der Waals surface area contributed by atoms with Crippen molar-refractivity contribution in [1.82, 2.24) is 68.6 Å². The summed E-state index contributed by atoms with van der Waals surface area (Å²) in [6.45, 7) is 57.5. The second-order valence-corrected chi connectivity index (χ2v) is 50.3. The van der Waals surface area contributed by atoms with Gasteiger partial charge in [0.1, 0.15) is 46.3 Å². The molecule has 40 heteroatoms. The van der Waals surface area contributed by atoms with Gasteiger partial charge in [-0.1, -0.05) is 137 Å². The first kappa shape index (κ1) is 114. The maximum atomic E-state index is 13.6. The molecule has 5 amide bonds. The number of carbonyl (C=O) groups is 5. The summed E-state index contributed by atoms with van der Waals surface area (Å²) in [5.41, 5.74) is 23.0. The van der Waals surface area contributed by atoms with Crippen molar-refractivity contribution >= 4 is 128 Å². The molecule has 14 rings (SSSR count). The number of anilines is 7. The fourth-order valence-electron chi connectivity index (χ4n) is 19.0. The number of aromatic nitrogens is 9. The lowest BCUT2D eigenvalue weighted by Crippen LogP contribution is -2.41. The molecule has 5 atom stereocenters. The molecule has 9 aromatic rings. The molecule has 10 N–H and O–H groups in total. The topological polar surface area (TPSA) is 499 Å². The van der Waals surface area contributed by atoms with E-state index in [0.717, 1.165) is 91.6 Å². The van der Waals surface area contributed by atoms with Crippen LogP contribution in [0.2, 0.25) is 0 Å². The number of amides is 5. The second kappa shape index (κ2) is 45.3. The van der Waals surface area contributed by atoms with E-state index in [9.17, 15) is 57.6 Å². The molecular formula is C107H145N21O15S4. The summed E-state index contributed by atoms with van der Waals surface area (Å²) in [6, 6.07) is 29.7. The van der Waals surface area contributed by atoms with Crippen LogP contribution in [-0.2, 0) is 55.7 Å². The number of aryl methyl sites for hydroxylation is 2. The minimum absolute atomic E-state index is 0.00863. The molecule has 0 aromatic carbocycles. The highest BCUT2D eigenvalue weighted by atomic mass is 32.2. The van der Waals surface area contributed by atoms with Crippen molar-refractivity contribution in [2.24, 2.45) is 17.8 Å². The van der Waals surface area contributed by atoms with Gasteiger partial charge in [0.2, 0.25) is 5.88 Å². The normalized spacial score (nSPS) is 18.3. The summed E-state index contributed by atoms with van der Waals surface area (Å²) >= 11 is 0. The van der Waals surface area contributed by atoms with Gasteiger partial charge in [-0.25, -0.2) is 68.5 Å². The number of allylic oxidation sites excluding steroid dienone is 1. The van der Waals surface area contributed by atoms with Crippen molar-refractivity contribution in [3.63, 3.8) is 0 Å². The molecule has 4 fully saturated rings. The van der Waals surface area contributed by atoms with Crippen molar-refractivity contribution in [2.75, 3.05) is 69.5 Å². The Hall–Kier alpha value is -13.1. The Balaban J connectivity index is 0.000000187. The van der Waals surface area contributed by atoms with Crippen molar-refractivity contribution < 1.29 is 67.1 Å². The fourth-order valence-corrected chi connectivity index (χ4v) is 22.7. The van der Waals surface area contributed by atoms with E-state index < -0.39 is 75.4 Å². The lowest BCUT2D eigenvalue weighted by molar-refractivity contribution is 0.0272. The first-order valence-corrected chi connectivity index (χ1v) is 55.5. The summed E-state index contributed by atoms with van der Waals surface area (Å²) in [5.74, 6) is 0.483. The minimum atomic E-state index is -4.28. The third-order valence-electron chi connectivity index (χ3n) is 25.7. The van der Waals surface area contributed by atoms with E-state index in [1.807, 2.05) is 80.5 Å². The summed E-state index contributed by atoms with van der Waals surface area (Å²) < 4.78 is 124. The average molecular weight is 2090 g/mol. The Labute approximate surface area is 867 Å². The van der Waals surface area contributed by atoms with E-state index in [2.05, 4.69) is 180 Å². The molecule has 0 saturated carbocycles. The number of hydrogen-bond donors (Lipinski definition) is 7. The van der Waals surface area contributed by atoms with Gasteiger partial charge in [-0.15, -0.1) is 0 Å². The summed E-state index contributed by atoms with van der Waals surface area (Å²) in [4.78, 5) is 116. The van der Waals surface area contributed by atoms with E-state index in [-0.39, 0.29) is 105 Å². The highest BCUT2D eigenvalue weighted by Crippen LogP contribution is 2.45. The zero-order valence-electron chi connectivity index (χ0n) is 89.2. The van der Waals surface area contributed by atoms with E-state index in [1.54, 1.807) is 72.6 Å². The number of unbranched alkanes of at least 4 members (excludes halogenated alkanes) is 2. The van der Waals surface area contributed by atoms with Crippen LogP contribution in [0.3, 0.4) is 0 Å². The number of hydrogen-bond acceptors (Lipinski definition) is 31. The molecule has 5 aliphatic heterocycles. The number of carbonyl (C=O) groups excluding carboxylic acids is 5. The molecule has 0 bridgehead atoms. The van der Waals surface area contributed by atoms with Crippen molar-refractivity contribution in [3.8, 4) is 17.1 Å². The summed E-state index contributed by atoms with van der Waals surface area (Å²) in [5, 5.41) is -1.18. The molecule has 792 valence electrons. The maximum Gasteiger partial charge on any atom is 0.410 e. The molecule has 14 heterocycles. The summed E-state index contributed by atoms with van der Waals surface area (Å²) in [7, 11) is -16.9. The largest absolute Gasteiger partial charge is 0.475 e. The van der Waals surface area contributed by atoms with Crippen LogP contribution in [0.5, 0.6) is 5.88 Å². The number of nitrogens with one attached hydrogen (secondary N) is 4. The van der Waals surface area contributed by atoms with Crippen LogP contribution >= 0.6 is 0 Å². The number of sulfonamides is 4. The predicted molar refractivity (Wildman–Crippen MR) is 577 cm³/mol. The van der Waals surface area contributed by atoms with Crippen LogP contribution in [-0.4, -0.2) is 186 Å². The number of rotatable bonds is 25. The molecule has 0 aliphatic carbocycles. The third-order valence-corrected chi connectivity index (χ3v) is 30.7. The van der Waals surface area contributed by atoms with Gasteiger partial charge in [0.15, 0.2) is 20.1 Å². The molecule has 0 unspecified atom stereocenters. The second-order valence-electron chi connectivity index (χ2n) is 43.8. The van der Waals surface area contributed by atoms with E-state index >= 15 is 0 Å². The van der Waals surface area contributed by atoms with Gasteiger partial charge in [-0.3, -0.25) is 19.2 Å². The van der Waals surface area contributed by atoms with Gasteiger partial charge < -0.3 is 51.2 Å².